The second-order valence-electron chi connectivity index (χ2n) is 11.8. The molecule has 9 heteroatoms. The van der Waals surface area contributed by atoms with E-state index >= 15 is 0 Å². The van der Waals surface area contributed by atoms with E-state index in [4.69, 9.17) is 0 Å². The number of hydrogen-bond acceptors (Lipinski definition) is 6. The highest BCUT2D eigenvalue weighted by Crippen LogP contribution is 2.35. The second-order valence-corrected chi connectivity index (χ2v) is 17.7. The van der Waals surface area contributed by atoms with Gasteiger partial charge in [-0.1, -0.05) is 91.0 Å². The Morgan fingerprint density at radius 1 is 0.216 bits per heavy atom. The lowest BCUT2D eigenvalue weighted by molar-refractivity contribution is 0.594. The van der Waals surface area contributed by atoms with Crippen molar-refractivity contribution in [1.29, 1.82) is 0 Å². The third-order valence-corrected chi connectivity index (χ3v) is 13.9. The summed E-state index contributed by atoms with van der Waals surface area (Å²) in [5.74, 6) is 0. The van der Waals surface area contributed by atoms with Crippen LogP contribution in [0, 0.1) is 0 Å². The SMILES string of the molecule is O=S(=O)(c1ccccc1)c1ccc(-c2cc(-c3ccc(S(=O)(=O)c4ccccc4)cc3)cc(-c3ccc(S(=O)(=O)c4ccccc4)cc3)c2)cc1. The molecule has 7 aromatic rings. The normalized spacial score (nSPS) is 12.0. The molecular formula is C42H30O6S3. The molecule has 0 spiro atoms. The monoisotopic (exact) mass is 726 g/mol. The molecule has 0 radical (unpaired) electrons. The summed E-state index contributed by atoms with van der Waals surface area (Å²) in [5, 5.41) is 0. The third kappa shape index (κ3) is 6.79. The minimum Gasteiger partial charge on any atom is -0.219 e. The highest BCUT2D eigenvalue weighted by atomic mass is 32.2. The lowest BCUT2D eigenvalue weighted by atomic mass is 9.93. The van der Waals surface area contributed by atoms with E-state index in [1.807, 2.05) is 18.2 Å². The highest BCUT2D eigenvalue weighted by molar-refractivity contribution is 7.92. The molecule has 0 atom stereocenters. The number of hydrogen-bond donors (Lipinski definition) is 0. The van der Waals surface area contributed by atoms with Crippen LogP contribution in [0.25, 0.3) is 33.4 Å². The van der Waals surface area contributed by atoms with Gasteiger partial charge in [-0.25, -0.2) is 25.3 Å². The molecular weight excluding hydrogens is 697 g/mol. The molecule has 51 heavy (non-hydrogen) atoms. The van der Waals surface area contributed by atoms with E-state index in [1.165, 1.54) is 0 Å². The van der Waals surface area contributed by atoms with Crippen LogP contribution in [0.15, 0.2) is 211 Å². The molecule has 0 unspecified atom stereocenters. The van der Waals surface area contributed by atoms with E-state index in [-0.39, 0.29) is 29.4 Å². The number of rotatable bonds is 9. The van der Waals surface area contributed by atoms with Crippen molar-refractivity contribution in [2.75, 3.05) is 0 Å². The number of benzene rings is 7. The summed E-state index contributed by atoms with van der Waals surface area (Å²) in [5.41, 5.74) is 4.64. The van der Waals surface area contributed by atoms with Gasteiger partial charge in [0.05, 0.1) is 29.4 Å². The molecule has 0 bridgehead atoms. The summed E-state index contributed by atoms with van der Waals surface area (Å²) < 4.78 is 79.5. The lowest BCUT2D eigenvalue weighted by Crippen LogP contribution is -2.01. The molecule has 6 nitrogen and oxygen atoms in total. The zero-order valence-electron chi connectivity index (χ0n) is 27.0. The molecule has 0 saturated carbocycles. The van der Waals surface area contributed by atoms with Crippen molar-refractivity contribution in [2.24, 2.45) is 0 Å². The number of sulfone groups is 3. The van der Waals surface area contributed by atoms with Crippen LogP contribution in [0.3, 0.4) is 0 Å². The molecule has 252 valence electrons. The molecule has 0 saturated heterocycles. The molecule has 0 aliphatic carbocycles. The van der Waals surface area contributed by atoms with Crippen LogP contribution in [-0.2, 0) is 29.5 Å². The fraction of sp³-hybridized carbons (Fsp3) is 0. The van der Waals surface area contributed by atoms with Crippen molar-refractivity contribution in [3.63, 3.8) is 0 Å². The largest absolute Gasteiger partial charge is 0.219 e. The Labute approximate surface area is 298 Å². The van der Waals surface area contributed by atoms with Crippen molar-refractivity contribution in [1.82, 2.24) is 0 Å². The molecule has 0 aromatic heterocycles. The van der Waals surface area contributed by atoms with Crippen molar-refractivity contribution >= 4 is 29.5 Å². The quantitative estimate of drug-likeness (QED) is 0.147. The molecule has 0 heterocycles. The van der Waals surface area contributed by atoms with Crippen molar-refractivity contribution in [3.8, 4) is 33.4 Å². The molecule has 7 aromatic carbocycles. The average Bonchev–Trinajstić information content (AvgIpc) is 3.19. The Balaban J connectivity index is 1.29. The van der Waals surface area contributed by atoms with E-state index in [1.54, 1.807) is 164 Å². The van der Waals surface area contributed by atoms with Crippen LogP contribution in [0.2, 0.25) is 0 Å². The Hall–Kier alpha value is -5.61. The van der Waals surface area contributed by atoms with E-state index in [9.17, 15) is 25.3 Å². The molecule has 0 fully saturated rings. The second kappa shape index (κ2) is 13.6. The predicted molar refractivity (Wildman–Crippen MR) is 198 cm³/mol. The van der Waals surface area contributed by atoms with Crippen LogP contribution < -0.4 is 0 Å². The van der Waals surface area contributed by atoms with Gasteiger partial charge in [-0.3, -0.25) is 0 Å². The Morgan fingerprint density at radius 3 is 0.627 bits per heavy atom. The zero-order chi connectivity index (χ0) is 35.6. The maximum atomic E-state index is 13.3. The van der Waals surface area contributed by atoms with Crippen LogP contribution >= 0.6 is 0 Å². The highest BCUT2D eigenvalue weighted by Gasteiger charge is 2.20. The first-order valence-corrected chi connectivity index (χ1v) is 20.4. The Bertz CT molecular complexity index is 2350. The minimum atomic E-state index is -3.71. The van der Waals surface area contributed by atoms with Crippen LogP contribution in [0.4, 0.5) is 0 Å². The molecule has 0 N–H and O–H groups in total. The molecule has 0 aliphatic rings. The van der Waals surface area contributed by atoms with Gasteiger partial charge in [0, 0.05) is 0 Å². The fourth-order valence-corrected chi connectivity index (χ4v) is 9.66. The first kappa shape index (κ1) is 33.9. The van der Waals surface area contributed by atoms with E-state index in [0.717, 1.165) is 33.4 Å². The van der Waals surface area contributed by atoms with E-state index in [0.29, 0.717) is 0 Å². The lowest BCUT2D eigenvalue weighted by Gasteiger charge is -2.13. The predicted octanol–water partition coefficient (Wildman–Crippen LogP) is 9.19. The first-order chi connectivity index (χ1) is 24.5. The van der Waals surface area contributed by atoms with Gasteiger partial charge < -0.3 is 0 Å². The molecule has 0 aliphatic heterocycles. The smallest absolute Gasteiger partial charge is 0.206 e. The van der Waals surface area contributed by atoms with Crippen molar-refractivity contribution in [2.45, 2.75) is 29.4 Å². The summed E-state index contributed by atoms with van der Waals surface area (Å²) in [4.78, 5) is 1.12. The van der Waals surface area contributed by atoms with Gasteiger partial charge in [0.1, 0.15) is 0 Å². The van der Waals surface area contributed by atoms with Crippen LogP contribution in [0.1, 0.15) is 0 Å². The fourth-order valence-electron chi connectivity index (χ4n) is 5.81. The molecule has 0 amide bonds. The van der Waals surface area contributed by atoms with Gasteiger partial charge in [0.15, 0.2) is 0 Å². The van der Waals surface area contributed by atoms with Gasteiger partial charge in [0.2, 0.25) is 29.5 Å². The minimum absolute atomic E-state index is 0.166. The summed E-state index contributed by atoms with van der Waals surface area (Å²) >= 11 is 0. The Morgan fingerprint density at radius 2 is 0.412 bits per heavy atom. The third-order valence-electron chi connectivity index (χ3n) is 8.59. The summed E-state index contributed by atoms with van der Waals surface area (Å²) in [7, 11) is -11.1. The van der Waals surface area contributed by atoms with Gasteiger partial charge >= 0.3 is 0 Å². The average molecular weight is 727 g/mol. The van der Waals surface area contributed by atoms with E-state index < -0.39 is 29.5 Å². The summed E-state index contributed by atoms with van der Waals surface area (Å²) in [6.07, 6.45) is 0. The Kier molecular flexibility index (Phi) is 9.03. The first-order valence-electron chi connectivity index (χ1n) is 15.9. The van der Waals surface area contributed by atoms with E-state index in [2.05, 4.69) is 0 Å². The van der Waals surface area contributed by atoms with Crippen molar-refractivity contribution in [3.05, 3.63) is 182 Å². The van der Waals surface area contributed by atoms with Crippen LogP contribution in [0.5, 0.6) is 0 Å². The summed E-state index contributed by atoms with van der Waals surface area (Å²) in [6.45, 7) is 0. The maximum absolute atomic E-state index is 13.3. The van der Waals surface area contributed by atoms with Gasteiger partial charge in [-0.2, -0.15) is 0 Å². The van der Waals surface area contributed by atoms with Crippen LogP contribution in [-0.4, -0.2) is 25.3 Å². The zero-order valence-corrected chi connectivity index (χ0v) is 29.4. The van der Waals surface area contributed by atoms with Gasteiger partial charge in [-0.15, -0.1) is 0 Å². The van der Waals surface area contributed by atoms with Gasteiger partial charge in [0.25, 0.3) is 0 Å². The topological polar surface area (TPSA) is 102 Å². The maximum Gasteiger partial charge on any atom is 0.206 e. The standard InChI is InChI=1S/C42H30O6S3/c43-49(44,37-10-4-1-5-11-37)40-22-16-31(17-23-40)34-28-35(32-18-24-41(25-19-32)50(45,46)38-12-6-2-7-13-38)30-36(29-34)33-20-26-42(27-21-33)51(47,48)39-14-8-3-9-15-39/h1-30H. The van der Waals surface area contributed by atoms with Gasteiger partial charge in [-0.05, 0) is 124 Å². The molecule has 7 rings (SSSR count). The summed E-state index contributed by atoms with van der Waals surface area (Å²) in [6, 6.07) is 50.6. The van der Waals surface area contributed by atoms with Crippen molar-refractivity contribution < 1.29 is 25.3 Å².